The van der Waals surface area contributed by atoms with Crippen LogP contribution in [0, 0.1) is 0 Å². The normalized spacial score (nSPS) is 19.3. The fourth-order valence-electron chi connectivity index (χ4n) is 9.02. The first-order valence-electron chi connectivity index (χ1n) is 24.1. The van der Waals surface area contributed by atoms with E-state index in [1.54, 1.807) is 0 Å². The van der Waals surface area contributed by atoms with Crippen LogP contribution < -0.4 is 20.2 Å². The third-order valence-corrected chi connectivity index (χ3v) is 14.1. The lowest BCUT2D eigenvalue weighted by Gasteiger charge is -2.36. The lowest BCUT2D eigenvalue weighted by Crippen LogP contribution is -2.44. The van der Waals surface area contributed by atoms with Gasteiger partial charge in [-0.1, -0.05) is 101 Å². The summed E-state index contributed by atoms with van der Waals surface area (Å²) < 4.78 is 14.4. The first-order chi connectivity index (χ1) is 31.2. The molecule has 10 heteroatoms. The van der Waals surface area contributed by atoms with Crippen LogP contribution in [0.3, 0.4) is 0 Å². The lowest BCUT2D eigenvalue weighted by atomic mass is 9.87. The Balaban J connectivity index is 1.07. The molecule has 2 atom stereocenters. The number of benzene rings is 2. The number of H-pyrrole nitrogens is 2. The van der Waals surface area contributed by atoms with Crippen molar-refractivity contribution in [2.24, 2.45) is 9.98 Å². The quantitative estimate of drug-likeness (QED) is 0.0337. The Morgan fingerprint density at radius 2 is 1.26 bits per heavy atom. The van der Waals surface area contributed by atoms with E-state index in [2.05, 4.69) is 101 Å². The van der Waals surface area contributed by atoms with E-state index in [0.29, 0.717) is 12.3 Å². The van der Waals surface area contributed by atoms with Gasteiger partial charge in [0.1, 0.15) is 11.5 Å². The highest BCUT2D eigenvalue weighted by Gasteiger charge is 2.53. The standard InChI is InChI=1S/C55H72Cl2N6O2/c1-7-8-9-10-11-12-13-14-15-16-38-64-48-26-19-42(20-27-48)53-50-30-23-44(58-50)40-46-25-32-52(60-46)55(57,54(56)34-33-47(61-54)41-45-24-31-51(53)59-45)43-21-28-49(29-22-43)65-39-18-37-63(5,6)36-17-35-62(2,3)4/h19-34,40-41,58,60H,7-18,35-39H2,1-6H3/q+2. The highest BCUT2D eigenvalue weighted by molar-refractivity contribution is 6.38. The number of quaternary nitrogens is 2. The zero-order valence-electron chi connectivity index (χ0n) is 39.8. The summed E-state index contributed by atoms with van der Waals surface area (Å²) in [6, 6.07) is 24.6. The summed E-state index contributed by atoms with van der Waals surface area (Å²) in [6.07, 6.45) is 27.2. The topological polar surface area (TPSA) is 74.8 Å². The van der Waals surface area contributed by atoms with E-state index in [1.807, 2.05) is 60.7 Å². The molecule has 8 nitrogen and oxygen atoms in total. The number of ether oxygens (including phenoxy) is 2. The molecular formula is C55H72Cl2N6O2+2. The van der Waals surface area contributed by atoms with Crippen LogP contribution in [0.25, 0.3) is 11.6 Å². The molecule has 7 rings (SSSR count). The number of unbranched alkanes of at least 4 members (excludes halogenated alkanes) is 9. The van der Waals surface area contributed by atoms with Crippen LogP contribution in [0.4, 0.5) is 0 Å². The molecule has 0 spiro atoms. The molecule has 2 unspecified atom stereocenters. The number of nitrogens with zero attached hydrogens (tertiary/aromatic N) is 4. The van der Waals surface area contributed by atoms with Gasteiger partial charge < -0.3 is 28.4 Å². The molecule has 0 amide bonds. The summed E-state index contributed by atoms with van der Waals surface area (Å²) in [5.41, 5.74) is 6.76. The maximum absolute atomic E-state index is 7.86. The number of aromatic amines is 2. The van der Waals surface area contributed by atoms with Crippen molar-refractivity contribution in [3.05, 3.63) is 142 Å². The van der Waals surface area contributed by atoms with Gasteiger partial charge in [0.2, 0.25) is 0 Å². The van der Waals surface area contributed by atoms with Crippen LogP contribution in [-0.2, 0) is 4.87 Å². The smallest absolute Gasteiger partial charge is 0.181 e. The van der Waals surface area contributed by atoms with E-state index in [0.717, 1.165) is 103 Å². The van der Waals surface area contributed by atoms with Crippen molar-refractivity contribution in [3.8, 4) is 11.5 Å². The van der Waals surface area contributed by atoms with Crippen LogP contribution in [0.1, 0.15) is 106 Å². The van der Waals surface area contributed by atoms with Gasteiger partial charge in [-0.3, -0.25) is 4.99 Å². The largest absolute Gasteiger partial charge is 0.494 e. The summed E-state index contributed by atoms with van der Waals surface area (Å²) in [4.78, 5) is 14.9. The summed E-state index contributed by atoms with van der Waals surface area (Å²) in [5.74, 6) is 1.68. The zero-order valence-corrected chi connectivity index (χ0v) is 41.3. The molecular weight excluding hydrogens is 848 g/mol. The Labute approximate surface area is 398 Å². The number of aromatic nitrogens is 2. The molecule has 0 saturated carbocycles. The second-order valence-electron chi connectivity index (χ2n) is 19.8. The van der Waals surface area contributed by atoms with Crippen LogP contribution in [0.15, 0.2) is 119 Å². The Morgan fingerprint density at radius 3 is 1.95 bits per heavy atom. The van der Waals surface area contributed by atoms with Gasteiger partial charge in [0, 0.05) is 40.5 Å². The molecule has 5 heterocycles. The molecule has 0 radical (unpaired) electrons. The molecule has 3 aliphatic rings. The number of fused-ring (bicyclic) bond motifs is 6. The Kier molecular flexibility index (Phi) is 16.2. The number of allylic oxidation sites excluding steroid dienone is 4. The third kappa shape index (κ3) is 12.9. The maximum atomic E-state index is 7.86. The van der Waals surface area contributed by atoms with Gasteiger partial charge in [0.15, 0.2) is 9.87 Å². The monoisotopic (exact) mass is 919 g/mol. The molecule has 4 aromatic rings. The highest BCUT2D eigenvalue weighted by atomic mass is 35.5. The first kappa shape index (κ1) is 48.3. The van der Waals surface area contributed by atoms with Crippen molar-refractivity contribution < 1.29 is 18.4 Å². The SMILES string of the molecule is CCCCCCCCCCCCOc1ccc(C2=c3ccc([nH]3)=Cc3ccc([nH]3)C(Cl)(c3ccc(OCCC[N+](C)(C)CCC[N+](C)(C)C)cc3)C3(Cl)C=CC(=N3)C=C3C=CC2=N3)cc1. The van der Waals surface area contributed by atoms with Gasteiger partial charge in [-0.05, 0) is 103 Å². The fraction of sp³-hybridized carbons (Fsp3) is 0.455. The number of rotatable bonds is 23. The predicted molar refractivity (Wildman–Crippen MR) is 273 cm³/mol. The van der Waals surface area contributed by atoms with Crippen LogP contribution in [-0.4, -0.2) is 103 Å². The van der Waals surface area contributed by atoms with E-state index in [9.17, 15) is 0 Å². The van der Waals surface area contributed by atoms with Gasteiger partial charge in [-0.15, -0.1) is 11.6 Å². The summed E-state index contributed by atoms with van der Waals surface area (Å²) in [6.45, 7) is 7.02. The maximum Gasteiger partial charge on any atom is 0.181 e. The van der Waals surface area contributed by atoms with E-state index in [1.165, 1.54) is 70.8 Å². The number of hydrogen-bond acceptors (Lipinski definition) is 4. The molecule has 0 aliphatic carbocycles. The molecule has 0 saturated heterocycles. The molecule has 8 bridgehead atoms. The minimum Gasteiger partial charge on any atom is -0.494 e. The first-order valence-corrected chi connectivity index (χ1v) is 24.8. The van der Waals surface area contributed by atoms with Crippen LogP contribution in [0.2, 0.25) is 0 Å². The van der Waals surface area contributed by atoms with E-state index in [4.69, 9.17) is 42.7 Å². The minimum absolute atomic E-state index is 0.641. The second-order valence-corrected chi connectivity index (χ2v) is 21.0. The van der Waals surface area contributed by atoms with Gasteiger partial charge in [-0.2, -0.15) is 0 Å². The van der Waals surface area contributed by atoms with Gasteiger partial charge in [0.25, 0.3) is 0 Å². The summed E-state index contributed by atoms with van der Waals surface area (Å²) in [5, 5.41) is 1.89. The molecule has 2 aromatic heterocycles. The Bertz CT molecular complexity index is 2480. The molecule has 2 aromatic carbocycles. The molecule has 346 valence electrons. The predicted octanol–water partition coefficient (Wildman–Crippen LogP) is 10.9. The van der Waals surface area contributed by atoms with Crippen LogP contribution in [0.5, 0.6) is 11.5 Å². The van der Waals surface area contributed by atoms with Crippen molar-refractivity contribution in [3.63, 3.8) is 0 Å². The Hall–Kier alpha value is -4.60. The summed E-state index contributed by atoms with van der Waals surface area (Å²) >= 11 is 15.4. The number of alkyl halides is 2. The Morgan fingerprint density at radius 1 is 0.615 bits per heavy atom. The van der Waals surface area contributed by atoms with E-state index in [-0.39, 0.29) is 0 Å². The molecule has 2 N–H and O–H groups in total. The van der Waals surface area contributed by atoms with Crippen molar-refractivity contribution in [1.29, 1.82) is 0 Å². The van der Waals surface area contributed by atoms with Crippen molar-refractivity contribution in [2.45, 2.75) is 93.8 Å². The van der Waals surface area contributed by atoms with Crippen molar-refractivity contribution >= 4 is 46.3 Å². The molecule has 0 fully saturated rings. The molecule has 3 aliphatic heterocycles. The van der Waals surface area contributed by atoms with Crippen molar-refractivity contribution in [1.82, 2.24) is 9.97 Å². The van der Waals surface area contributed by atoms with Gasteiger partial charge >= 0.3 is 0 Å². The average molecular weight is 920 g/mol. The fourth-order valence-corrected chi connectivity index (χ4v) is 9.73. The van der Waals surface area contributed by atoms with Gasteiger partial charge in [-0.25, -0.2) is 4.99 Å². The van der Waals surface area contributed by atoms with E-state index < -0.39 is 9.87 Å². The zero-order chi connectivity index (χ0) is 45.9. The third-order valence-electron chi connectivity index (χ3n) is 12.8. The van der Waals surface area contributed by atoms with Gasteiger partial charge in [0.05, 0.1) is 85.2 Å². The highest BCUT2D eigenvalue weighted by Crippen LogP contribution is 2.52. The number of aliphatic imine (C=N–C) groups is 2. The number of hydrogen-bond donors (Lipinski definition) is 2. The number of halogens is 2. The van der Waals surface area contributed by atoms with Crippen LogP contribution >= 0.6 is 23.2 Å². The number of nitrogens with one attached hydrogen (secondary N) is 2. The lowest BCUT2D eigenvalue weighted by molar-refractivity contribution is -0.902. The minimum atomic E-state index is -1.35. The average Bonchev–Trinajstić information content (AvgIpc) is 4.11. The van der Waals surface area contributed by atoms with Crippen molar-refractivity contribution in [2.75, 3.05) is 68.1 Å². The molecule has 65 heavy (non-hydrogen) atoms. The summed E-state index contributed by atoms with van der Waals surface area (Å²) in [7, 11) is 11.4. The van der Waals surface area contributed by atoms with E-state index >= 15 is 0 Å². The second kappa shape index (κ2) is 21.8.